The largest absolute Gasteiger partial charge is 0.388 e. The fraction of sp³-hybridized carbons (Fsp3) is 0.353. The number of hydrogen-bond acceptors (Lipinski definition) is 7. The number of aliphatic hydroxyl groups is 2. The molecule has 142 valence electrons. The normalized spacial score (nSPS) is 22.4. The van der Waals surface area contributed by atoms with Crippen molar-refractivity contribution in [1.29, 1.82) is 0 Å². The van der Waals surface area contributed by atoms with Gasteiger partial charge in [-0.15, -0.1) is 0 Å². The fourth-order valence-corrected chi connectivity index (χ4v) is 3.19. The number of hydrogen-bond donors (Lipinski definition) is 3. The number of nitrogens with one attached hydrogen (secondary N) is 1. The van der Waals surface area contributed by atoms with Gasteiger partial charge in [-0.05, 0) is 29.3 Å². The van der Waals surface area contributed by atoms with Crippen LogP contribution in [-0.4, -0.2) is 54.7 Å². The van der Waals surface area contributed by atoms with Crippen LogP contribution in [0, 0.1) is 5.82 Å². The molecule has 3 aromatic rings. The van der Waals surface area contributed by atoms with Crippen molar-refractivity contribution < 1.29 is 19.3 Å². The van der Waals surface area contributed by atoms with Crippen LogP contribution in [0.5, 0.6) is 0 Å². The second kappa shape index (κ2) is 7.35. The van der Waals surface area contributed by atoms with Gasteiger partial charge in [0.25, 0.3) is 0 Å². The average molecular weight is 394 g/mol. The van der Waals surface area contributed by atoms with E-state index in [-0.39, 0.29) is 24.3 Å². The highest BCUT2D eigenvalue weighted by molar-refractivity contribution is 6.28. The summed E-state index contributed by atoms with van der Waals surface area (Å²) in [4.78, 5) is 12.7. The van der Waals surface area contributed by atoms with Crippen LogP contribution in [0.3, 0.4) is 0 Å². The Labute approximate surface area is 158 Å². The summed E-state index contributed by atoms with van der Waals surface area (Å²) < 4.78 is 20.4. The minimum absolute atomic E-state index is 0.0268. The van der Waals surface area contributed by atoms with Gasteiger partial charge in [-0.3, -0.25) is 0 Å². The topological polar surface area (TPSA) is 105 Å². The summed E-state index contributed by atoms with van der Waals surface area (Å²) in [7, 11) is 0. The lowest BCUT2D eigenvalue weighted by Gasteiger charge is -2.15. The lowest BCUT2D eigenvalue weighted by molar-refractivity contribution is 0.0157. The van der Waals surface area contributed by atoms with Gasteiger partial charge in [0.2, 0.25) is 5.28 Å². The first-order valence-electron chi connectivity index (χ1n) is 8.35. The molecule has 1 aromatic carbocycles. The highest BCUT2D eigenvalue weighted by atomic mass is 35.5. The molecule has 4 rings (SSSR count). The quantitative estimate of drug-likeness (QED) is 0.562. The van der Waals surface area contributed by atoms with E-state index in [4.69, 9.17) is 16.3 Å². The summed E-state index contributed by atoms with van der Waals surface area (Å²) in [5.41, 5.74) is 1.70. The minimum Gasteiger partial charge on any atom is -0.388 e. The highest BCUT2D eigenvalue weighted by Gasteiger charge is 2.35. The summed E-state index contributed by atoms with van der Waals surface area (Å²) in [6, 6.07) is 6.22. The van der Waals surface area contributed by atoms with E-state index < -0.39 is 18.3 Å². The molecule has 0 aliphatic carbocycles. The monoisotopic (exact) mass is 393 g/mol. The maximum Gasteiger partial charge on any atom is 0.226 e. The van der Waals surface area contributed by atoms with Crippen LogP contribution in [0.15, 0.2) is 30.6 Å². The average Bonchev–Trinajstić information content (AvgIpc) is 3.18. The lowest BCUT2D eigenvalue weighted by Crippen LogP contribution is -2.32. The molecule has 27 heavy (non-hydrogen) atoms. The molecule has 3 heterocycles. The van der Waals surface area contributed by atoms with Gasteiger partial charge in [-0.2, -0.15) is 9.97 Å². The van der Waals surface area contributed by atoms with Crippen LogP contribution in [0.4, 0.5) is 10.2 Å². The summed E-state index contributed by atoms with van der Waals surface area (Å²) >= 11 is 6.04. The predicted octanol–water partition coefficient (Wildman–Crippen LogP) is 1.35. The van der Waals surface area contributed by atoms with Gasteiger partial charge >= 0.3 is 0 Å². The van der Waals surface area contributed by atoms with Gasteiger partial charge in [0, 0.05) is 6.54 Å². The molecule has 0 amide bonds. The Bertz CT molecular complexity index is 969. The predicted molar refractivity (Wildman–Crippen MR) is 95.8 cm³/mol. The van der Waals surface area contributed by atoms with Crippen LogP contribution in [0.2, 0.25) is 5.28 Å². The van der Waals surface area contributed by atoms with Crippen LogP contribution in [0.1, 0.15) is 5.56 Å². The molecule has 0 unspecified atom stereocenters. The zero-order valence-electron chi connectivity index (χ0n) is 14.1. The van der Waals surface area contributed by atoms with Gasteiger partial charge in [0.05, 0.1) is 19.5 Å². The number of anilines is 1. The van der Waals surface area contributed by atoms with Gasteiger partial charge in [0.1, 0.15) is 24.1 Å². The number of aliphatic hydroxyl groups excluding tert-OH is 2. The van der Waals surface area contributed by atoms with Gasteiger partial charge in [-0.1, -0.05) is 12.1 Å². The van der Waals surface area contributed by atoms with Crippen molar-refractivity contribution in [2.45, 2.75) is 31.4 Å². The molecule has 1 aliphatic rings. The van der Waals surface area contributed by atoms with Crippen LogP contribution < -0.4 is 5.32 Å². The Balaban J connectivity index is 1.58. The molecule has 0 bridgehead atoms. The minimum atomic E-state index is -0.981. The number of aromatic nitrogens is 4. The third-order valence-corrected chi connectivity index (χ3v) is 4.59. The van der Waals surface area contributed by atoms with Gasteiger partial charge < -0.3 is 24.8 Å². The number of halogens is 2. The summed E-state index contributed by atoms with van der Waals surface area (Å²) in [6.45, 7) is 0.670. The number of ether oxygens (including phenoxy) is 1. The summed E-state index contributed by atoms with van der Waals surface area (Å²) in [6.07, 6.45) is -0.921. The van der Waals surface area contributed by atoms with Crippen molar-refractivity contribution in [1.82, 2.24) is 19.5 Å². The van der Waals surface area contributed by atoms with E-state index in [0.717, 1.165) is 5.56 Å². The van der Waals surface area contributed by atoms with Gasteiger partial charge in [0.15, 0.2) is 17.0 Å². The second-order valence-electron chi connectivity index (χ2n) is 6.32. The van der Waals surface area contributed by atoms with E-state index in [1.807, 2.05) is 0 Å². The Kier molecular flexibility index (Phi) is 4.92. The molecule has 3 atom stereocenters. The van der Waals surface area contributed by atoms with E-state index in [0.29, 0.717) is 23.5 Å². The maximum absolute atomic E-state index is 13.3. The zero-order chi connectivity index (χ0) is 19.0. The molecule has 1 aliphatic heterocycles. The summed E-state index contributed by atoms with van der Waals surface area (Å²) in [5.74, 6) is 0.0997. The van der Waals surface area contributed by atoms with E-state index >= 15 is 0 Å². The first-order chi connectivity index (χ1) is 13.0. The molecule has 0 spiro atoms. The number of benzene rings is 1. The van der Waals surface area contributed by atoms with Crippen LogP contribution in [0.25, 0.3) is 11.2 Å². The Hall–Kier alpha value is -2.33. The van der Waals surface area contributed by atoms with Crippen LogP contribution >= 0.6 is 11.6 Å². The molecule has 1 fully saturated rings. The van der Waals surface area contributed by atoms with Crippen molar-refractivity contribution in [2.75, 3.05) is 11.9 Å². The SMILES string of the molecule is O[C@@H]1[C@H](O)CO[C@H]1Cn1cnc2c(NCc3cccc(F)c3)nc(Cl)nc21. The Morgan fingerprint density at radius 3 is 2.93 bits per heavy atom. The number of fused-ring (bicyclic) bond motifs is 1. The van der Waals surface area contributed by atoms with Crippen molar-refractivity contribution in [3.05, 3.63) is 47.3 Å². The Morgan fingerprint density at radius 1 is 1.33 bits per heavy atom. The number of rotatable bonds is 5. The van der Waals surface area contributed by atoms with E-state index in [9.17, 15) is 14.6 Å². The standard InChI is InChI=1S/C17H17ClFN5O3/c18-17-22-15(20-5-9-2-1-3-10(19)4-9)13-16(23-17)24(8-21-13)6-12-14(26)11(25)7-27-12/h1-4,8,11-12,14,25-26H,5-7H2,(H,20,22,23)/t11-,12+,14-/m1/s1. The fourth-order valence-electron chi connectivity index (χ4n) is 3.03. The van der Waals surface area contributed by atoms with Crippen LogP contribution in [-0.2, 0) is 17.8 Å². The molecule has 1 saturated heterocycles. The van der Waals surface area contributed by atoms with Crippen molar-refractivity contribution in [3.8, 4) is 0 Å². The number of nitrogens with zero attached hydrogens (tertiary/aromatic N) is 4. The first kappa shape index (κ1) is 18.1. The smallest absolute Gasteiger partial charge is 0.226 e. The van der Waals surface area contributed by atoms with Gasteiger partial charge in [-0.25, -0.2) is 9.37 Å². The third kappa shape index (κ3) is 3.72. The number of imidazole rings is 1. The third-order valence-electron chi connectivity index (χ3n) is 4.42. The molecular weight excluding hydrogens is 377 g/mol. The van der Waals surface area contributed by atoms with Crippen molar-refractivity contribution >= 4 is 28.6 Å². The van der Waals surface area contributed by atoms with Crippen molar-refractivity contribution in [3.63, 3.8) is 0 Å². The summed E-state index contributed by atoms with van der Waals surface area (Å²) in [5, 5.41) is 22.7. The zero-order valence-corrected chi connectivity index (χ0v) is 14.8. The molecular formula is C17H17ClFN5O3. The second-order valence-corrected chi connectivity index (χ2v) is 6.66. The maximum atomic E-state index is 13.3. The molecule has 3 N–H and O–H groups in total. The molecule has 0 radical (unpaired) electrons. The van der Waals surface area contributed by atoms with Crippen molar-refractivity contribution in [2.24, 2.45) is 0 Å². The lowest BCUT2D eigenvalue weighted by atomic mass is 10.1. The molecule has 2 aromatic heterocycles. The molecule has 0 saturated carbocycles. The highest BCUT2D eigenvalue weighted by Crippen LogP contribution is 2.24. The molecule has 8 nitrogen and oxygen atoms in total. The van der Waals surface area contributed by atoms with E-state index in [1.165, 1.54) is 12.1 Å². The Morgan fingerprint density at radius 2 is 2.19 bits per heavy atom. The van der Waals surface area contributed by atoms with E-state index in [1.54, 1.807) is 23.0 Å². The first-order valence-corrected chi connectivity index (χ1v) is 8.73. The van der Waals surface area contributed by atoms with E-state index in [2.05, 4.69) is 20.3 Å². The molecule has 10 heteroatoms.